The summed E-state index contributed by atoms with van der Waals surface area (Å²) in [6.07, 6.45) is 0. The van der Waals surface area contributed by atoms with Crippen molar-refractivity contribution in [1.82, 2.24) is 4.98 Å². The van der Waals surface area contributed by atoms with E-state index in [4.69, 9.17) is 9.47 Å². The fraction of sp³-hybridized carbons (Fsp3) is 0.200. The highest BCUT2D eigenvalue weighted by molar-refractivity contribution is 6.52. The van der Waals surface area contributed by atoms with Gasteiger partial charge in [0, 0.05) is 33.4 Å². The summed E-state index contributed by atoms with van der Waals surface area (Å²) in [5.74, 6) is -0.839. The van der Waals surface area contributed by atoms with Crippen molar-refractivity contribution in [2.24, 2.45) is 0 Å². The number of fused-ring (bicyclic) bond motifs is 1. The van der Waals surface area contributed by atoms with E-state index < -0.39 is 17.7 Å². The van der Waals surface area contributed by atoms with Gasteiger partial charge < -0.3 is 19.6 Å². The number of aliphatic hydroxyl groups is 1. The number of Topliss-reactive ketones (excluding diaryl/α,β-unsaturated/α-hetero) is 1. The summed E-state index contributed by atoms with van der Waals surface area (Å²) >= 11 is 0. The Hall–Kier alpha value is -4.52. The minimum Gasteiger partial charge on any atom is -0.507 e. The molecular weight excluding hydrogens is 468 g/mol. The second-order valence-corrected chi connectivity index (χ2v) is 9.22. The van der Waals surface area contributed by atoms with Crippen LogP contribution in [-0.4, -0.2) is 36.0 Å². The van der Waals surface area contributed by atoms with Gasteiger partial charge in [0.15, 0.2) is 11.5 Å². The molecule has 1 aliphatic heterocycles. The highest BCUT2D eigenvalue weighted by Gasteiger charge is 2.48. The predicted octanol–water partition coefficient (Wildman–Crippen LogP) is 5.74. The van der Waals surface area contributed by atoms with E-state index in [9.17, 15) is 14.7 Å². The number of nitrogens with one attached hydrogen (secondary N) is 1. The lowest BCUT2D eigenvalue weighted by molar-refractivity contribution is -0.132. The third-order valence-electron chi connectivity index (χ3n) is 7.09. The Bertz CT molecular complexity index is 1600. The topological polar surface area (TPSA) is 91.9 Å². The van der Waals surface area contributed by atoms with Crippen LogP contribution in [0, 0.1) is 20.8 Å². The van der Waals surface area contributed by atoms with Crippen LogP contribution in [0.2, 0.25) is 0 Å². The van der Waals surface area contributed by atoms with E-state index in [1.807, 2.05) is 63.2 Å². The number of methoxy groups -OCH3 is 2. The molecule has 1 unspecified atom stereocenters. The van der Waals surface area contributed by atoms with Crippen LogP contribution in [0.4, 0.5) is 5.69 Å². The number of rotatable bonds is 5. The zero-order valence-electron chi connectivity index (χ0n) is 21.4. The van der Waals surface area contributed by atoms with Crippen LogP contribution in [0.1, 0.15) is 34.0 Å². The van der Waals surface area contributed by atoms with E-state index in [1.54, 1.807) is 18.2 Å². The van der Waals surface area contributed by atoms with E-state index >= 15 is 0 Å². The normalized spacial score (nSPS) is 17.0. The van der Waals surface area contributed by atoms with E-state index in [-0.39, 0.29) is 11.3 Å². The second-order valence-electron chi connectivity index (χ2n) is 9.22. The lowest BCUT2D eigenvalue weighted by Crippen LogP contribution is -2.29. The van der Waals surface area contributed by atoms with Gasteiger partial charge in [-0.25, -0.2) is 0 Å². The van der Waals surface area contributed by atoms with Crippen molar-refractivity contribution in [3.8, 4) is 11.5 Å². The maximum absolute atomic E-state index is 13.6. The molecule has 7 nitrogen and oxygen atoms in total. The van der Waals surface area contributed by atoms with Crippen molar-refractivity contribution < 1.29 is 24.2 Å². The van der Waals surface area contributed by atoms with E-state index in [2.05, 4.69) is 4.98 Å². The first-order chi connectivity index (χ1) is 17.8. The summed E-state index contributed by atoms with van der Waals surface area (Å²) in [6, 6.07) is 17.4. The fourth-order valence-electron chi connectivity index (χ4n) is 5.04. The lowest BCUT2D eigenvalue weighted by Gasteiger charge is -2.26. The predicted molar refractivity (Wildman–Crippen MR) is 143 cm³/mol. The van der Waals surface area contributed by atoms with Crippen LogP contribution >= 0.6 is 0 Å². The number of ketones is 1. The van der Waals surface area contributed by atoms with Gasteiger partial charge in [0.1, 0.15) is 5.76 Å². The third kappa shape index (κ3) is 3.83. The van der Waals surface area contributed by atoms with Gasteiger partial charge in [-0.1, -0.05) is 24.3 Å². The van der Waals surface area contributed by atoms with Gasteiger partial charge in [0.2, 0.25) is 0 Å². The highest BCUT2D eigenvalue weighted by atomic mass is 16.5. The molecule has 2 heterocycles. The van der Waals surface area contributed by atoms with Gasteiger partial charge in [-0.05, 0) is 68.3 Å². The standard InChI is InChI=1S/C30H28N2O5/c1-16-10-12-20(14-17(16)2)32-27(25-18(3)31-22-9-7-6-8-21(22)25)26(29(34)30(32)35)28(33)19-11-13-23(36-4)24(15-19)37-5/h6-15,27,31,33H,1-5H3/b28-26+. The summed E-state index contributed by atoms with van der Waals surface area (Å²) in [5, 5.41) is 12.4. The molecule has 0 aliphatic carbocycles. The number of hydrogen-bond acceptors (Lipinski definition) is 5. The van der Waals surface area contributed by atoms with Gasteiger partial charge in [0.25, 0.3) is 11.7 Å². The third-order valence-corrected chi connectivity index (χ3v) is 7.09. The number of carbonyl (C=O) groups excluding carboxylic acids is 2. The smallest absolute Gasteiger partial charge is 0.300 e. The number of hydrogen-bond donors (Lipinski definition) is 2. The molecule has 0 spiro atoms. The average molecular weight is 497 g/mol. The van der Waals surface area contributed by atoms with Crippen molar-refractivity contribution in [2.45, 2.75) is 26.8 Å². The van der Waals surface area contributed by atoms with Gasteiger partial charge in [-0.15, -0.1) is 0 Å². The summed E-state index contributed by atoms with van der Waals surface area (Å²) in [6.45, 7) is 5.86. The first-order valence-electron chi connectivity index (χ1n) is 11.9. The number of nitrogens with zero attached hydrogens (tertiary/aromatic N) is 1. The summed E-state index contributed by atoms with van der Waals surface area (Å²) < 4.78 is 10.7. The molecule has 0 saturated carbocycles. The largest absolute Gasteiger partial charge is 0.507 e. The second kappa shape index (κ2) is 9.17. The number of aliphatic hydroxyl groups excluding tert-OH is 1. The summed E-state index contributed by atoms with van der Waals surface area (Å²) in [4.78, 5) is 32.1. The number of amides is 1. The molecule has 188 valence electrons. The van der Waals surface area contributed by atoms with Gasteiger partial charge in [0.05, 0.1) is 25.8 Å². The Morgan fingerprint density at radius 3 is 2.32 bits per heavy atom. The number of anilines is 1. The monoisotopic (exact) mass is 496 g/mol. The van der Waals surface area contributed by atoms with Crippen LogP contribution in [0.25, 0.3) is 16.7 Å². The van der Waals surface area contributed by atoms with Crippen molar-refractivity contribution >= 4 is 34.0 Å². The molecule has 0 bridgehead atoms. The van der Waals surface area contributed by atoms with Crippen LogP contribution in [-0.2, 0) is 9.59 Å². The van der Waals surface area contributed by atoms with Crippen molar-refractivity contribution in [3.05, 3.63) is 94.2 Å². The van der Waals surface area contributed by atoms with E-state index in [1.165, 1.54) is 19.1 Å². The molecule has 3 aromatic carbocycles. The number of aryl methyl sites for hydroxylation is 3. The molecule has 37 heavy (non-hydrogen) atoms. The van der Waals surface area contributed by atoms with E-state index in [0.29, 0.717) is 22.7 Å². The van der Waals surface area contributed by atoms with Crippen LogP contribution in [0.5, 0.6) is 11.5 Å². The molecule has 1 fully saturated rings. The lowest BCUT2D eigenvalue weighted by atomic mass is 9.93. The van der Waals surface area contributed by atoms with Gasteiger partial charge in [-0.3, -0.25) is 14.5 Å². The molecule has 4 aromatic rings. The minimum atomic E-state index is -0.841. The molecule has 2 N–H and O–H groups in total. The Balaban J connectivity index is 1.81. The maximum atomic E-state index is 13.6. The Morgan fingerprint density at radius 1 is 0.892 bits per heavy atom. The number of H-pyrrole nitrogens is 1. The Kier molecular flexibility index (Phi) is 5.99. The quantitative estimate of drug-likeness (QED) is 0.209. The van der Waals surface area contributed by atoms with Crippen molar-refractivity contribution in [2.75, 3.05) is 19.1 Å². The first kappa shape index (κ1) is 24.2. The molecule has 1 atom stereocenters. The van der Waals surface area contributed by atoms with Crippen LogP contribution in [0.15, 0.2) is 66.2 Å². The molecule has 1 saturated heterocycles. The number of benzene rings is 3. The molecule has 1 aromatic heterocycles. The zero-order valence-corrected chi connectivity index (χ0v) is 21.4. The number of aromatic nitrogens is 1. The maximum Gasteiger partial charge on any atom is 0.300 e. The molecule has 7 heteroatoms. The fourth-order valence-corrected chi connectivity index (χ4v) is 5.04. The van der Waals surface area contributed by atoms with Crippen LogP contribution < -0.4 is 14.4 Å². The van der Waals surface area contributed by atoms with Crippen molar-refractivity contribution in [1.29, 1.82) is 0 Å². The molecule has 1 amide bonds. The Morgan fingerprint density at radius 2 is 1.62 bits per heavy atom. The number of ether oxygens (including phenoxy) is 2. The minimum absolute atomic E-state index is 0.0169. The van der Waals surface area contributed by atoms with Gasteiger partial charge in [-0.2, -0.15) is 0 Å². The highest BCUT2D eigenvalue weighted by Crippen LogP contribution is 2.46. The van der Waals surface area contributed by atoms with Crippen LogP contribution in [0.3, 0.4) is 0 Å². The molecule has 1 aliphatic rings. The summed E-state index contributed by atoms with van der Waals surface area (Å²) in [7, 11) is 3.02. The average Bonchev–Trinajstić information content (AvgIpc) is 3.36. The molecule has 0 radical (unpaired) electrons. The van der Waals surface area contributed by atoms with Crippen molar-refractivity contribution in [3.63, 3.8) is 0 Å². The molecular formula is C30H28N2O5. The molecule has 5 rings (SSSR count). The Labute approximate surface area is 214 Å². The van der Waals surface area contributed by atoms with Gasteiger partial charge >= 0.3 is 0 Å². The number of para-hydroxylation sites is 1. The first-order valence-corrected chi connectivity index (χ1v) is 11.9. The number of carbonyl (C=O) groups is 2. The summed E-state index contributed by atoms with van der Waals surface area (Å²) in [5.41, 5.74) is 5.47. The van der Waals surface area contributed by atoms with E-state index in [0.717, 1.165) is 33.3 Å². The zero-order chi connectivity index (χ0) is 26.4. The SMILES string of the molecule is COc1ccc(/C(O)=C2\C(=O)C(=O)N(c3ccc(C)c(C)c3)C2c2c(C)[nH]c3ccccc23)cc1OC. The number of aromatic amines is 1.